The van der Waals surface area contributed by atoms with Gasteiger partial charge in [-0.3, -0.25) is 0 Å². The smallest absolute Gasteiger partial charge is 0.388 e. The average Bonchev–Trinajstić information content (AvgIpc) is 3.11. The fourth-order valence-corrected chi connectivity index (χ4v) is 3.20. The van der Waals surface area contributed by atoms with Crippen LogP contribution in [0.15, 0.2) is 0 Å². The number of aliphatic hydroxyl groups is 1. The summed E-state index contributed by atoms with van der Waals surface area (Å²) in [6, 6.07) is 0. The highest BCUT2D eigenvalue weighted by Crippen LogP contribution is 2.15. The average molecular weight is 252 g/mol. The maximum absolute atomic E-state index is 9.92. The zero-order valence-electron chi connectivity index (χ0n) is 9.97. The normalized spacial score (nSPS) is 22.1. The second kappa shape index (κ2) is 6.65. The van der Waals surface area contributed by atoms with E-state index in [4.69, 9.17) is 22.8 Å². The Kier molecular flexibility index (Phi) is 5.83. The van der Waals surface area contributed by atoms with E-state index in [9.17, 15) is 5.11 Å². The van der Waals surface area contributed by atoms with Gasteiger partial charge < -0.3 is 27.9 Å². The van der Waals surface area contributed by atoms with Gasteiger partial charge in [-0.25, -0.2) is 0 Å². The van der Waals surface area contributed by atoms with Crippen molar-refractivity contribution in [3.05, 3.63) is 0 Å². The molecule has 16 heavy (non-hydrogen) atoms. The first kappa shape index (κ1) is 14.0. The molecule has 1 aliphatic rings. The quantitative estimate of drug-likeness (QED) is 0.341. The van der Waals surface area contributed by atoms with Gasteiger partial charge in [0, 0.05) is 34.4 Å². The van der Waals surface area contributed by atoms with E-state index in [0.717, 1.165) is 6.61 Å². The first-order chi connectivity index (χ1) is 7.68. The zero-order valence-corrected chi connectivity index (χ0v) is 11.0. The molecule has 1 fully saturated rings. The van der Waals surface area contributed by atoms with Gasteiger partial charge in [0.25, 0.3) is 0 Å². The predicted octanol–water partition coefficient (Wildman–Crippen LogP) is -0.430. The maximum Gasteiger partial charge on any atom is 0.530 e. The summed E-state index contributed by atoms with van der Waals surface area (Å²) in [7, 11) is 1.48. The van der Waals surface area contributed by atoms with Crippen LogP contribution in [0.3, 0.4) is 0 Å². The van der Waals surface area contributed by atoms with Crippen molar-refractivity contribution in [1.82, 2.24) is 0 Å². The molecule has 1 aliphatic heterocycles. The molecule has 6 nitrogen and oxygen atoms in total. The van der Waals surface area contributed by atoms with E-state index in [1.165, 1.54) is 21.3 Å². The largest absolute Gasteiger partial charge is 0.530 e. The van der Waals surface area contributed by atoms with Crippen molar-refractivity contribution in [1.29, 1.82) is 0 Å². The molecule has 96 valence electrons. The molecule has 1 heterocycles. The second-order valence-corrected chi connectivity index (χ2v) is 6.65. The van der Waals surface area contributed by atoms with Crippen molar-refractivity contribution < 1.29 is 27.9 Å². The predicted molar refractivity (Wildman–Crippen MR) is 58.0 cm³/mol. The van der Waals surface area contributed by atoms with Crippen molar-refractivity contribution in [3.63, 3.8) is 0 Å². The molecule has 0 aromatic heterocycles. The topological polar surface area (TPSA) is 69.7 Å². The minimum Gasteiger partial charge on any atom is -0.388 e. The number of rotatable bonds is 9. The molecule has 2 unspecified atom stereocenters. The maximum atomic E-state index is 9.92. The second-order valence-electron chi connectivity index (χ2n) is 3.55. The third kappa shape index (κ3) is 3.77. The minimum absolute atomic E-state index is 0.242. The highest BCUT2D eigenvalue weighted by molar-refractivity contribution is 6.61. The lowest BCUT2D eigenvalue weighted by Crippen LogP contribution is -2.54. The lowest BCUT2D eigenvalue weighted by Gasteiger charge is -2.28. The van der Waals surface area contributed by atoms with Crippen molar-refractivity contribution >= 4 is 8.80 Å². The van der Waals surface area contributed by atoms with Gasteiger partial charge in [-0.1, -0.05) is 0 Å². The van der Waals surface area contributed by atoms with E-state index in [-0.39, 0.29) is 6.10 Å². The lowest BCUT2D eigenvalue weighted by molar-refractivity contribution is 0.0349. The van der Waals surface area contributed by atoms with Gasteiger partial charge in [-0.2, -0.15) is 0 Å². The number of ether oxygens (including phenoxy) is 2. The summed E-state index contributed by atoms with van der Waals surface area (Å²) in [4.78, 5) is 0. The molecule has 0 aliphatic carbocycles. The molecule has 1 N–H and O–H groups in total. The molecule has 2 atom stereocenters. The number of hydrogen-bond acceptors (Lipinski definition) is 6. The Hall–Kier alpha value is -0.0231. The molecule has 0 radical (unpaired) electrons. The Labute approximate surface area is 96.8 Å². The van der Waals surface area contributed by atoms with Crippen molar-refractivity contribution in [2.45, 2.75) is 18.3 Å². The summed E-state index contributed by atoms with van der Waals surface area (Å²) >= 11 is 0. The van der Waals surface area contributed by atoms with E-state index < -0.39 is 14.5 Å². The van der Waals surface area contributed by atoms with Gasteiger partial charge in [0.15, 0.2) is 0 Å². The highest BCUT2D eigenvalue weighted by atomic mass is 28.4. The van der Waals surface area contributed by atoms with Crippen LogP contribution in [0.1, 0.15) is 6.42 Å². The summed E-state index contributed by atoms with van der Waals surface area (Å²) in [5.74, 6) is 0. The summed E-state index contributed by atoms with van der Waals surface area (Å²) < 4.78 is 25.8. The van der Waals surface area contributed by atoms with Crippen LogP contribution in [-0.4, -0.2) is 66.9 Å². The van der Waals surface area contributed by atoms with E-state index in [0.29, 0.717) is 19.6 Å². The van der Waals surface area contributed by atoms with E-state index in [1.54, 1.807) is 0 Å². The van der Waals surface area contributed by atoms with Crippen LogP contribution in [0.2, 0.25) is 0 Å². The van der Waals surface area contributed by atoms with Crippen LogP contribution >= 0.6 is 0 Å². The van der Waals surface area contributed by atoms with E-state index in [1.807, 2.05) is 0 Å². The number of hydrogen-bond donors (Lipinski definition) is 1. The molecule has 0 spiro atoms. The van der Waals surface area contributed by atoms with Gasteiger partial charge in [0.1, 0.15) is 11.8 Å². The minimum atomic E-state index is -2.94. The summed E-state index contributed by atoms with van der Waals surface area (Å²) in [5, 5.41) is 9.92. The molecule has 0 amide bonds. The van der Waals surface area contributed by atoms with Gasteiger partial charge in [-0.05, 0) is 0 Å². The van der Waals surface area contributed by atoms with Crippen LogP contribution in [0.25, 0.3) is 0 Å². The molecule has 0 saturated carbocycles. The molecule has 1 saturated heterocycles. The van der Waals surface area contributed by atoms with Crippen molar-refractivity contribution in [2.24, 2.45) is 0 Å². The molecule has 0 aromatic rings. The summed E-state index contributed by atoms with van der Waals surface area (Å²) in [6.07, 6.45) is 0.667. The van der Waals surface area contributed by atoms with Gasteiger partial charge >= 0.3 is 8.80 Å². The van der Waals surface area contributed by atoms with Gasteiger partial charge in [0.2, 0.25) is 0 Å². The molecular formula is C9H20O6Si. The Morgan fingerprint density at radius 1 is 1.31 bits per heavy atom. The van der Waals surface area contributed by atoms with Crippen molar-refractivity contribution in [3.8, 4) is 0 Å². The van der Waals surface area contributed by atoms with E-state index in [2.05, 4.69) is 0 Å². The van der Waals surface area contributed by atoms with Crippen LogP contribution in [0.5, 0.6) is 0 Å². The van der Waals surface area contributed by atoms with Crippen LogP contribution in [0.4, 0.5) is 0 Å². The highest BCUT2D eigenvalue weighted by Gasteiger charge is 2.46. The first-order valence-electron chi connectivity index (χ1n) is 5.21. The van der Waals surface area contributed by atoms with Crippen LogP contribution in [-0.2, 0) is 22.8 Å². The monoisotopic (exact) mass is 252 g/mol. The van der Waals surface area contributed by atoms with Gasteiger partial charge in [-0.15, -0.1) is 0 Å². The SMILES string of the molecule is CO[Si](OC)(OC)C(O)CCOCC1CO1. The molecule has 7 heteroatoms. The Morgan fingerprint density at radius 2 is 1.88 bits per heavy atom. The first-order valence-corrected chi connectivity index (χ1v) is 7.01. The Balaban J connectivity index is 2.21. The Morgan fingerprint density at radius 3 is 2.31 bits per heavy atom. The molecule has 1 rings (SSSR count). The van der Waals surface area contributed by atoms with Crippen LogP contribution in [0, 0.1) is 0 Å². The standard InChI is InChI=1S/C9H20O6Si/c1-11-16(12-2,13-3)9(10)4-5-14-6-8-7-15-8/h8-10H,4-7H2,1-3H3. The number of epoxide rings is 1. The number of aliphatic hydroxyl groups excluding tert-OH is 1. The van der Waals surface area contributed by atoms with Crippen LogP contribution < -0.4 is 0 Å². The molecule has 0 bridgehead atoms. The third-order valence-electron chi connectivity index (χ3n) is 2.50. The fraction of sp³-hybridized carbons (Fsp3) is 1.00. The molecule has 0 aromatic carbocycles. The third-order valence-corrected chi connectivity index (χ3v) is 5.32. The van der Waals surface area contributed by atoms with E-state index >= 15 is 0 Å². The van der Waals surface area contributed by atoms with Crippen molar-refractivity contribution in [2.75, 3.05) is 41.2 Å². The zero-order chi connectivity index (χ0) is 12.0. The fourth-order valence-electron chi connectivity index (χ4n) is 1.41. The molecular weight excluding hydrogens is 232 g/mol. The van der Waals surface area contributed by atoms with Gasteiger partial charge in [0.05, 0.1) is 13.2 Å². The lowest BCUT2D eigenvalue weighted by atomic mass is 10.5. The Bertz CT molecular complexity index is 186. The summed E-state index contributed by atoms with van der Waals surface area (Å²) in [5.41, 5.74) is -0.771. The summed E-state index contributed by atoms with van der Waals surface area (Å²) in [6.45, 7) is 1.79.